The van der Waals surface area contributed by atoms with Crippen LogP contribution in [0.4, 0.5) is 10.7 Å². The average molecular weight is 383 g/mol. The Hall–Kier alpha value is -2.72. The Kier molecular flexibility index (Phi) is 5.03. The van der Waals surface area contributed by atoms with Gasteiger partial charge >= 0.3 is 0 Å². The van der Waals surface area contributed by atoms with E-state index in [0.29, 0.717) is 16.5 Å². The Labute approximate surface area is 162 Å². The molecule has 0 saturated heterocycles. The van der Waals surface area contributed by atoms with Crippen LogP contribution in [0.5, 0.6) is 0 Å². The summed E-state index contributed by atoms with van der Waals surface area (Å²) < 4.78 is 0. The molecule has 0 spiro atoms. The third kappa shape index (κ3) is 3.86. The number of benzene rings is 1. The zero-order chi connectivity index (χ0) is 19.8. The number of hydrogen-bond donors (Lipinski definition) is 1. The normalized spacial score (nSPS) is 16.3. The van der Waals surface area contributed by atoms with Crippen molar-refractivity contribution in [3.63, 3.8) is 0 Å². The van der Waals surface area contributed by atoms with Crippen LogP contribution >= 0.6 is 11.3 Å². The van der Waals surface area contributed by atoms with Crippen LogP contribution in [-0.4, -0.2) is 10.8 Å². The number of nitro benzene ring substituents is 1. The predicted octanol–water partition coefficient (Wildman–Crippen LogP) is 4.93. The monoisotopic (exact) mass is 383 g/mol. The van der Waals surface area contributed by atoms with Gasteiger partial charge < -0.3 is 5.32 Å². The van der Waals surface area contributed by atoms with Crippen LogP contribution in [0.15, 0.2) is 24.3 Å². The quantitative estimate of drug-likeness (QED) is 0.600. The summed E-state index contributed by atoms with van der Waals surface area (Å²) >= 11 is 1.45. The number of nitriles is 1. The Morgan fingerprint density at radius 2 is 2.15 bits per heavy atom. The van der Waals surface area contributed by atoms with E-state index in [-0.39, 0.29) is 16.7 Å². The fourth-order valence-electron chi connectivity index (χ4n) is 3.47. The van der Waals surface area contributed by atoms with E-state index in [9.17, 15) is 20.2 Å². The first kappa shape index (κ1) is 19.1. The molecule has 1 aliphatic carbocycles. The molecular weight excluding hydrogens is 362 g/mol. The lowest BCUT2D eigenvalue weighted by molar-refractivity contribution is -0.384. The number of amides is 1. The summed E-state index contributed by atoms with van der Waals surface area (Å²) in [5.41, 5.74) is 1.83. The highest BCUT2D eigenvalue weighted by atomic mass is 32.1. The van der Waals surface area contributed by atoms with E-state index in [4.69, 9.17) is 0 Å². The summed E-state index contributed by atoms with van der Waals surface area (Å²) in [6.07, 6.45) is 2.77. The van der Waals surface area contributed by atoms with Gasteiger partial charge in [0, 0.05) is 22.6 Å². The molecule has 0 bridgehead atoms. The van der Waals surface area contributed by atoms with Crippen molar-refractivity contribution in [2.45, 2.75) is 40.0 Å². The first-order chi connectivity index (χ1) is 12.7. The molecule has 1 aromatic heterocycles. The highest BCUT2D eigenvalue weighted by Gasteiger charge is 2.32. The maximum absolute atomic E-state index is 12.6. The van der Waals surface area contributed by atoms with E-state index >= 15 is 0 Å². The van der Waals surface area contributed by atoms with Crippen molar-refractivity contribution in [3.05, 3.63) is 55.9 Å². The lowest BCUT2D eigenvalue weighted by Gasteiger charge is -2.33. The van der Waals surface area contributed by atoms with Crippen molar-refractivity contribution in [2.75, 3.05) is 5.32 Å². The van der Waals surface area contributed by atoms with Gasteiger partial charge in [-0.3, -0.25) is 14.9 Å². The van der Waals surface area contributed by atoms with Crippen LogP contribution in [0.25, 0.3) is 0 Å². The fourth-order valence-corrected chi connectivity index (χ4v) is 4.74. The standard InChI is InChI=1S/C20H21N3O3S/c1-20(2,3)13-7-8-15-16(11-21)19(27-17(15)10-13)22-18(24)12-5-4-6-14(9-12)23(25)26/h4-6,9,13H,7-8,10H2,1-3H3,(H,22,24)/t13-/m1/s1. The van der Waals surface area contributed by atoms with Crippen LogP contribution in [0.3, 0.4) is 0 Å². The highest BCUT2D eigenvalue weighted by Crippen LogP contribution is 2.44. The Balaban J connectivity index is 1.87. The lowest BCUT2D eigenvalue weighted by atomic mass is 9.72. The molecule has 0 saturated carbocycles. The second kappa shape index (κ2) is 7.12. The topological polar surface area (TPSA) is 96.0 Å². The SMILES string of the molecule is CC(C)(C)[C@@H]1CCc2c(sc(NC(=O)c3cccc([N+](=O)[O-])c3)c2C#N)C1. The number of thiophene rings is 1. The molecule has 0 aliphatic heterocycles. The van der Waals surface area contributed by atoms with Gasteiger partial charge in [0.25, 0.3) is 11.6 Å². The summed E-state index contributed by atoms with van der Waals surface area (Å²) in [6, 6.07) is 7.82. The van der Waals surface area contributed by atoms with Crippen LogP contribution in [0.2, 0.25) is 0 Å². The number of carbonyl (C=O) groups is 1. The van der Waals surface area contributed by atoms with Crippen molar-refractivity contribution < 1.29 is 9.72 Å². The molecule has 6 nitrogen and oxygen atoms in total. The first-order valence-electron chi connectivity index (χ1n) is 8.81. The smallest absolute Gasteiger partial charge is 0.270 e. The average Bonchev–Trinajstić information content (AvgIpc) is 2.97. The van der Waals surface area contributed by atoms with Crippen molar-refractivity contribution in [1.82, 2.24) is 0 Å². The van der Waals surface area contributed by atoms with E-state index in [1.54, 1.807) is 0 Å². The molecule has 1 aromatic carbocycles. The van der Waals surface area contributed by atoms with E-state index < -0.39 is 10.8 Å². The van der Waals surface area contributed by atoms with Gasteiger partial charge in [-0.1, -0.05) is 26.8 Å². The van der Waals surface area contributed by atoms with E-state index in [1.165, 1.54) is 35.6 Å². The van der Waals surface area contributed by atoms with Crippen LogP contribution < -0.4 is 5.32 Å². The number of nitro groups is 1. The van der Waals surface area contributed by atoms with Gasteiger partial charge in [0.1, 0.15) is 11.1 Å². The van der Waals surface area contributed by atoms with Crippen LogP contribution in [0.1, 0.15) is 53.6 Å². The molecule has 1 amide bonds. The van der Waals surface area contributed by atoms with Crippen molar-refractivity contribution in [3.8, 4) is 6.07 Å². The summed E-state index contributed by atoms with van der Waals surface area (Å²) in [5, 5.41) is 23.8. The molecule has 0 radical (unpaired) electrons. The Morgan fingerprint density at radius 3 is 2.78 bits per heavy atom. The number of anilines is 1. The van der Waals surface area contributed by atoms with Gasteiger partial charge in [-0.2, -0.15) is 5.26 Å². The molecule has 1 heterocycles. The molecule has 3 rings (SSSR count). The number of non-ortho nitro benzene ring substituents is 1. The minimum Gasteiger partial charge on any atom is -0.312 e. The van der Waals surface area contributed by atoms with E-state index in [0.717, 1.165) is 29.7 Å². The molecule has 1 aliphatic rings. The molecular formula is C20H21N3O3S. The molecule has 2 aromatic rings. The zero-order valence-corrected chi connectivity index (χ0v) is 16.4. The van der Waals surface area contributed by atoms with Crippen molar-refractivity contribution >= 4 is 27.9 Å². The third-order valence-corrected chi connectivity index (χ3v) is 6.32. The van der Waals surface area contributed by atoms with Crippen LogP contribution in [-0.2, 0) is 12.8 Å². The summed E-state index contributed by atoms with van der Waals surface area (Å²) in [5.74, 6) is 0.0942. The van der Waals surface area contributed by atoms with Gasteiger partial charge in [-0.05, 0) is 42.2 Å². The largest absolute Gasteiger partial charge is 0.312 e. The predicted molar refractivity (Wildman–Crippen MR) is 105 cm³/mol. The Bertz CT molecular complexity index is 950. The fraction of sp³-hybridized carbons (Fsp3) is 0.400. The zero-order valence-electron chi connectivity index (χ0n) is 15.5. The molecule has 27 heavy (non-hydrogen) atoms. The van der Waals surface area contributed by atoms with Gasteiger partial charge in [0.2, 0.25) is 0 Å². The molecule has 0 unspecified atom stereocenters. The van der Waals surface area contributed by atoms with Crippen molar-refractivity contribution in [2.24, 2.45) is 11.3 Å². The number of fused-ring (bicyclic) bond motifs is 1. The summed E-state index contributed by atoms with van der Waals surface area (Å²) in [6.45, 7) is 6.69. The Morgan fingerprint density at radius 1 is 1.41 bits per heavy atom. The van der Waals surface area contributed by atoms with Crippen molar-refractivity contribution in [1.29, 1.82) is 5.26 Å². The summed E-state index contributed by atoms with van der Waals surface area (Å²) in [4.78, 5) is 24.1. The number of carbonyl (C=O) groups excluding carboxylic acids is 1. The minimum atomic E-state index is -0.534. The number of nitrogens with one attached hydrogen (secondary N) is 1. The summed E-state index contributed by atoms with van der Waals surface area (Å²) in [7, 11) is 0. The second-order valence-electron chi connectivity index (χ2n) is 7.89. The maximum atomic E-state index is 12.6. The molecule has 1 N–H and O–H groups in total. The molecule has 1 atom stereocenters. The third-order valence-electron chi connectivity index (χ3n) is 5.15. The number of nitrogens with zero attached hydrogens (tertiary/aromatic N) is 2. The van der Waals surface area contributed by atoms with Gasteiger partial charge in [-0.25, -0.2) is 0 Å². The number of hydrogen-bond acceptors (Lipinski definition) is 5. The lowest BCUT2D eigenvalue weighted by Crippen LogP contribution is -2.26. The molecule has 0 fully saturated rings. The number of rotatable bonds is 3. The van der Waals surface area contributed by atoms with E-state index in [1.807, 2.05) is 0 Å². The second-order valence-corrected chi connectivity index (χ2v) is 8.99. The maximum Gasteiger partial charge on any atom is 0.270 e. The van der Waals surface area contributed by atoms with E-state index in [2.05, 4.69) is 32.2 Å². The molecule has 140 valence electrons. The van der Waals surface area contributed by atoms with Gasteiger partial charge in [-0.15, -0.1) is 11.3 Å². The van der Waals surface area contributed by atoms with Gasteiger partial charge in [0.05, 0.1) is 10.5 Å². The highest BCUT2D eigenvalue weighted by molar-refractivity contribution is 7.16. The first-order valence-corrected chi connectivity index (χ1v) is 9.62. The van der Waals surface area contributed by atoms with Gasteiger partial charge in [0.15, 0.2) is 0 Å². The minimum absolute atomic E-state index is 0.137. The molecule has 7 heteroatoms. The van der Waals surface area contributed by atoms with Crippen LogP contribution in [0, 0.1) is 32.8 Å².